The highest BCUT2D eigenvalue weighted by atomic mass is 19.4. The Kier molecular flexibility index (Phi) is 4.19. The lowest BCUT2D eigenvalue weighted by molar-refractivity contribution is -0.138. The third-order valence-electron chi connectivity index (χ3n) is 3.18. The predicted molar refractivity (Wildman–Crippen MR) is 69.8 cm³/mol. The summed E-state index contributed by atoms with van der Waals surface area (Å²) in [7, 11) is 0. The van der Waals surface area contributed by atoms with E-state index in [1.54, 1.807) is 0 Å². The zero-order chi connectivity index (χ0) is 16.5. The molecule has 118 valence electrons. The molecule has 22 heavy (non-hydrogen) atoms. The third-order valence-corrected chi connectivity index (χ3v) is 3.18. The Bertz CT molecular complexity index is 655. The summed E-state index contributed by atoms with van der Waals surface area (Å²) in [4.78, 5) is 0. The van der Waals surface area contributed by atoms with Gasteiger partial charge in [0, 0.05) is 6.54 Å². The van der Waals surface area contributed by atoms with Crippen molar-refractivity contribution in [3.05, 3.63) is 59.2 Å². The van der Waals surface area contributed by atoms with Crippen molar-refractivity contribution in [2.24, 2.45) is 5.73 Å². The number of alkyl halides is 6. The number of rotatable bonds is 2. The molecule has 0 amide bonds. The summed E-state index contributed by atoms with van der Waals surface area (Å²) in [6.45, 7) is -0.0194. The van der Waals surface area contributed by atoms with Gasteiger partial charge in [-0.3, -0.25) is 0 Å². The van der Waals surface area contributed by atoms with Gasteiger partial charge in [-0.15, -0.1) is 0 Å². The van der Waals surface area contributed by atoms with E-state index in [0.717, 1.165) is 36.4 Å². The van der Waals surface area contributed by atoms with Crippen molar-refractivity contribution in [1.82, 2.24) is 0 Å². The van der Waals surface area contributed by atoms with Crippen LogP contribution in [0.25, 0.3) is 11.1 Å². The first kappa shape index (κ1) is 16.4. The van der Waals surface area contributed by atoms with Crippen LogP contribution < -0.4 is 5.73 Å². The fraction of sp³-hybridized carbons (Fsp3) is 0.200. The topological polar surface area (TPSA) is 26.0 Å². The lowest BCUT2D eigenvalue weighted by atomic mass is 9.96. The van der Waals surface area contributed by atoms with E-state index in [-0.39, 0.29) is 17.7 Å². The quantitative estimate of drug-likeness (QED) is 0.787. The molecule has 0 heterocycles. The molecule has 0 unspecified atom stereocenters. The van der Waals surface area contributed by atoms with Crippen LogP contribution in [0, 0.1) is 0 Å². The molecule has 0 aromatic heterocycles. The molecule has 0 atom stereocenters. The van der Waals surface area contributed by atoms with E-state index in [1.165, 1.54) is 6.07 Å². The van der Waals surface area contributed by atoms with E-state index in [1.807, 2.05) is 0 Å². The lowest BCUT2D eigenvalue weighted by Crippen LogP contribution is -2.07. The monoisotopic (exact) mass is 319 g/mol. The molecule has 0 spiro atoms. The molecule has 7 heteroatoms. The van der Waals surface area contributed by atoms with E-state index in [9.17, 15) is 26.3 Å². The summed E-state index contributed by atoms with van der Waals surface area (Å²) in [5.41, 5.74) is 4.59. The highest BCUT2D eigenvalue weighted by Gasteiger charge is 2.32. The summed E-state index contributed by atoms with van der Waals surface area (Å²) >= 11 is 0. The number of nitrogens with two attached hydrogens (primary N) is 1. The van der Waals surface area contributed by atoms with Gasteiger partial charge in [0.05, 0.1) is 11.1 Å². The molecule has 0 radical (unpaired) electrons. The Hall–Kier alpha value is -2.02. The van der Waals surface area contributed by atoms with Crippen molar-refractivity contribution < 1.29 is 26.3 Å². The normalized spacial score (nSPS) is 12.5. The average Bonchev–Trinajstić information content (AvgIpc) is 2.45. The Labute approximate surface area is 122 Å². The van der Waals surface area contributed by atoms with Crippen LogP contribution in [0.5, 0.6) is 0 Å². The van der Waals surface area contributed by atoms with E-state index in [2.05, 4.69) is 0 Å². The highest BCUT2D eigenvalue weighted by Crippen LogP contribution is 2.35. The van der Waals surface area contributed by atoms with Crippen LogP contribution in [-0.4, -0.2) is 0 Å². The standard InChI is InChI=1S/C15H11F6N/c16-14(17,18)11-4-1-9(2-5-11)13-7-12(15(19,20)21)6-3-10(13)8-22/h1-7H,8,22H2. The molecule has 0 aliphatic rings. The van der Waals surface area contributed by atoms with Crippen LogP contribution >= 0.6 is 0 Å². The Morgan fingerprint density at radius 3 is 1.68 bits per heavy atom. The van der Waals surface area contributed by atoms with Crippen LogP contribution in [0.1, 0.15) is 16.7 Å². The van der Waals surface area contributed by atoms with Gasteiger partial charge in [0.1, 0.15) is 0 Å². The molecule has 2 aromatic rings. The van der Waals surface area contributed by atoms with Gasteiger partial charge in [-0.2, -0.15) is 26.3 Å². The highest BCUT2D eigenvalue weighted by molar-refractivity contribution is 5.68. The maximum absolute atomic E-state index is 12.8. The zero-order valence-corrected chi connectivity index (χ0v) is 11.1. The molecular weight excluding hydrogens is 308 g/mol. The minimum Gasteiger partial charge on any atom is -0.326 e. The van der Waals surface area contributed by atoms with Gasteiger partial charge in [-0.05, 0) is 41.0 Å². The van der Waals surface area contributed by atoms with E-state index in [4.69, 9.17) is 5.73 Å². The minimum absolute atomic E-state index is 0.0194. The summed E-state index contributed by atoms with van der Waals surface area (Å²) < 4.78 is 75.8. The molecule has 0 bridgehead atoms. The average molecular weight is 319 g/mol. The van der Waals surface area contributed by atoms with Crippen molar-refractivity contribution in [2.45, 2.75) is 18.9 Å². The molecule has 2 N–H and O–H groups in total. The van der Waals surface area contributed by atoms with Crippen molar-refractivity contribution in [2.75, 3.05) is 0 Å². The first-order valence-electron chi connectivity index (χ1n) is 6.21. The fourth-order valence-corrected chi connectivity index (χ4v) is 2.04. The lowest BCUT2D eigenvalue weighted by Gasteiger charge is -2.14. The van der Waals surface area contributed by atoms with E-state index in [0.29, 0.717) is 5.56 Å². The van der Waals surface area contributed by atoms with Gasteiger partial charge in [0.25, 0.3) is 0 Å². The van der Waals surface area contributed by atoms with Gasteiger partial charge in [0.2, 0.25) is 0 Å². The molecule has 0 aliphatic heterocycles. The first-order valence-corrected chi connectivity index (χ1v) is 6.21. The molecule has 2 rings (SSSR count). The van der Waals surface area contributed by atoms with Gasteiger partial charge >= 0.3 is 12.4 Å². The molecule has 0 saturated heterocycles. The Balaban J connectivity index is 2.51. The number of hydrogen-bond donors (Lipinski definition) is 1. The Morgan fingerprint density at radius 1 is 0.727 bits per heavy atom. The van der Waals surface area contributed by atoms with Gasteiger partial charge in [-0.1, -0.05) is 18.2 Å². The summed E-state index contributed by atoms with van der Waals surface area (Å²) in [6, 6.07) is 6.96. The molecule has 0 saturated carbocycles. The van der Waals surface area contributed by atoms with Crippen molar-refractivity contribution in [1.29, 1.82) is 0 Å². The third kappa shape index (κ3) is 3.41. The number of benzene rings is 2. The summed E-state index contributed by atoms with van der Waals surface area (Å²) in [5, 5.41) is 0. The minimum atomic E-state index is -4.53. The second kappa shape index (κ2) is 5.64. The number of halogens is 6. The van der Waals surface area contributed by atoms with E-state index < -0.39 is 23.5 Å². The van der Waals surface area contributed by atoms with Gasteiger partial charge < -0.3 is 5.73 Å². The second-order valence-corrected chi connectivity index (χ2v) is 4.65. The largest absolute Gasteiger partial charge is 0.416 e. The van der Waals surface area contributed by atoms with Crippen molar-refractivity contribution in [3.8, 4) is 11.1 Å². The SMILES string of the molecule is NCc1ccc(C(F)(F)F)cc1-c1ccc(C(F)(F)F)cc1. The summed E-state index contributed by atoms with van der Waals surface area (Å²) in [5.74, 6) is 0. The van der Waals surface area contributed by atoms with Crippen molar-refractivity contribution >= 4 is 0 Å². The fourth-order valence-electron chi connectivity index (χ4n) is 2.04. The molecular formula is C15H11F6N. The first-order chi connectivity index (χ1) is 10.1. The smallest absolute Gasteiger partial charge is 0.326 e. The van der Waals surface area contributed by atoms with Crippen LogP contribution in [-0.2, 0) is 18.9 Å². The van der Waals surface area contributed by atoms with Crippen LogP contribution in [0.2, 0.25) is 0 Å². The summed E-state index contributed by atoms with van der Waals surface area (Å²) in [6.07, 6.45) is -9.03. The molecule has 0 aliphatic carbocycles. The predicted octanol–water partition coefficient (Wildman–Crippen LogP) is 4.85. The maximum atomic E-state index is 12.8. The molecule has 1 nitrogen and oxygen atoms in total. The van der Waals surface area contributed by atoms with Crippen molar-refractivity contribution in [3.63, 3.8) is 0 Å². The Morgan fingerprint density at radius 2 is 1.23 bits per heavy atom. The second-order valence-electron chi connectivity index (χ2n) is 4.65. The molecule has 2 aromatic carbocycles. The van der Waals surface area contributed by atoms with Gasteiger partial charge in [-0.25, -0.2) is 0 Å². The maximum Gasteiger partial charge on any atom is 0.416 e. The van der Waals surface area contributed by atoms with Crippen LogP contribution in [0.4, 0.5) is 26.3 Å². The zero-order valence-electron chi connectivity index (χ0n) is 11.1. The number of hydrogen-bond acceptors (Lipinski definition) is 1. The van der Waals surface area contributed by atoms with Crippen LogP contribution in [0.15, 0.2) is 42.5 Å². The van der Waals surface area contributed by atoms with Crippen LogP contribution in [0.3, 0.4) is 0 Å². The molecule has 0 fully saturated rings. The van der Waals surface area contributed by atoms with E-state index >= 15 is 0 Å². The van der Waals surface area contributed by atoms with Gasteiger partial charge in [0.15, 0.2) is 0 Å².